The Balaban J connectivity index is 1.23. The van der Waals surface area contributed by atoms with Crippen LogP contribution in [0.3, 0.4) is 0 Å². The van der Waals surface area contributed by atoms with E-state index >= 15 is 0 Å². The smallest absolute Gasteiger partial charge is 0.0897 e. The molecule has 2 fully saturated rings. The Hall–Kier alpha value is -1.71. The predicted octanol–water partition coefficient (Wildman–Crippen LogP) is 7.89. The van der Waals surface area contributed by atoms with Gasteiger partial charge in [-0.3, -0.25) is 4.39 Å². The molecule has 1 saturated heterocycles. The van der Waals surface area contributed by atoms with Crippen molar-refractivity contribution in [2.75, 3.05) is 19.9 Å². The minimum atomic E-state index is -0.244. The summed E-state index contributed by atoms with van der Waals surface area (Å²) in [5, 5.41) is 0. The molecular formula is C30H41FO2. The molecule has 1 saturated carbocycles. The Bertz CT molecular complexity index is 800. The van der Waals surface area contributed by atoms with Gasteiger partial charge in [0.1, 0.15) is 0 Å². The molecule has 180 valence electrons. The van der Waals surface area contributed by atoms with E-state index in [4.69, 9.17) is 9.47 Å². The summed E-state index contributed by atoms with van der Waals surface area (Å²) in [5.41, 5.74) is 5.17. The van der Waals surface area contributed by atoms with E-state index in [1.165, 1.54) is 67.2 Å². The van der Waals surface area contributed by atoms with Crippen molar-refractivity contribution in [3.63, 3.8) is 0 Å². The quantitative estimate of drug-likeness (QED) is 0.341. The van der Waals surface area contributed by atoms with E-state index in [1.807, 2.05) is 0 Å². The molecule has 2 unspecified atom stereocenters. The minimum absolute atomic E-state index is 0.244. The first kappa shape index (κ1) is 24.4. The van der Waals surface area contributed by atoms with E-state index in [1.54, 1.807) is 0 Å². The molecule has 0 radical (unpaired) electrons. The summed E-state index contributed by atoms with van der Waals surface area (Å²) >= 11 is 0. The number of halogens is 1. The molecular weight excluding hydrogens is 411 g/mol. The monoisotopic (exact) mass is 452 g/mol. The van der Waals surface area contributed by atoms with Crippen LogP contribution in [0, 0.1) is 5.92 Å². The highest BCUT2D eigenvalue weighted by molar-refractivity contribution is 5.64. The lowest BCUT2D eigenvalue weighted by Crippen LogP contribution is -2.41. The van der Waals surface area contributed by atoms with Gasteiger partial charge in [-0.25, -0.2) is 0 Å². The van der Waals surface area contributed by atoms with Crippen LogP contribution >= 0.6 is 0 Å². The highest BCUT2D eigenvalue weighted by Crippen LogP contribution is 2.39. The van der Waals surface area contributed by atoms with Crippen molar-refractivity contribution in [3.8, 4) is 11.1 Å². The molecule has 33 heavy (non-hydrogen) atoms. The van der Waals surface area contributed by atoms with Crippen LogP contribution in [0.15, 0.2) is 48.5 Å². The zero-order valence-corrected chi connectivity index (χ0v) is 20.3. The number of hydrogen-bond acceptors (Lipinski definition) is 2. The van der Waals surface area contributed by atoms with Crippen molar-refractivity contribution in [2.45, 2.75) is 89.3 Å². The van der Waals surface area contributed by atoms with Gasteiger partial charge < -0.3 is 9.47 Å². The van der Waals surface area contributed by atoms with Gasteiger partial charge >= 0.3 is 0 Å². The topological polar surface area (TPSA) is 18.5 Å². The van der Waals surface area contributed by atoms with Crippen molar-refractivity contribution < 1.29 is 13.9 Å². The predicted molar refractivity (Wildman–Crippen MR) is 134 cm³/mol. The lowest BCUT2D eigenvalue weighted by atomic mass is 9.76. The van der Waals surface area contributed by atoms with Crippen LogP contribution in [0.25, 0.3) is 11.1 Å². The maximum atomic E-state index is 12.4. The number of benzene rings is 2. The fourth-order valence-electron chi connectivity index (χ4n) is 5.53. The Morgan fingerprint density at radius 2 is 1.48 bits per heavy atom. The Kier molecular flexibility index (Phi) is 9.37. The number of hydrogen-bond donors (Lipinski definition) is 0. The summed E-state index contributed by atoms with van der Waals surface area (Å²) in [6.07, 6.45) is 11.9. The molecule has 0 N–H and O–H groups in total. The second kappa shape index (κ2) is 12.7. The molecule has 0 aromatic heterocycles. The molecule has 0 bridgehead atoms. The van der Waals surface area contributed by atoms with Crippen molar-refractivity contribution in [1.29, 1.82) is 0 Å². The van der Waals surface area contributed by atoms with Gasteiger partial charge in [0.05, 0.1) is 32.1 Å². The molecule has 0 amide bonds. The summed E-state index contributed by atoms with van der Waals surface area (Å²) in [4.78, 5) is 0. The van der Waals surface area contributed by atoms with Crippen LogP contribution in [-0.2, 0) is 15.9 Å². The first-order chi connectivity index (χ1) is 16.3. The summed E-state index contributed by atoms with van der Waals surface area (Å²) in [6.45, 7) is 3.57. The molecule has 4 rings (SSSR count). The summed E-state index contributed by atoms with van der Waals surface area (Å²) in [5.74, 6) is 1.30. The Labute approximate surface area is 199 Å². The van der Waals surface area contributed by atoms with Crippen LogP contribution in [0.5, 0.6) is 0 Å². The number of aryl methyl sites for hydroxylation is 1. The zero-order chi connectivity index (χ0) is 22.9. The first-order valence-electron chi connectivity index (χ1n) is 13.2. The van der Waals surface area contributed by atoms with Crippen molar-refractivity contribution in [2.24, 2.45) is 5.92 Å². The maximum Gasteiger partial charge on any atom is 0.0897 e. The number of alkyl halides is 1. The third-order valence-corrected chi connectivity index (χ3v) is 7.69. The Morgan fingerprint density at radius 1 is 0.788 bits per heavy atom. The SMILES string of the molecule is CCCCCC1COC([C@H]2CC[C@H](c3ccc(-c4ccc(CCCF)cc4)cc3)CC2)CO1. The van der Waals surface area contributed by atoms with Gasteiger partial charge in [-0.15, -0.1) is 0 Å². The van der Waals surface area contributed by atoms with E-state index in [-0.39, 0.29) is 6.67 Å². The maximum absolute atomic E-state index is 12.4. The van der Waals surface area contributed by atoms with Gasteiger partial charge in [0, 0.05) is 0 Å². The molecule has 1 heterocycles. The largest absolute Gasteiger partial charge is 0.373 e. The summed E-state index contributed by atoms with van der Waals surface area (Å²) in [6, 6.07) is 17.7. The minimum Gasteiger partial charge on any atom is -0.373 e. The molecule has 2 nitrogen and oxygen atoms in total. The number of unbranched alkanes of at least 4 members (excludes halogenated alkanes) is 2. The van der Waals surface area contributed by atoms with Gasteiger partial charge in [0.15, 0.2) is 0 Å². The lowest BCUT2D eigenvalue weighted by molar-refractivity contribution is -0.156. The lowest BCUT2D eigenvalue weighted by Gasteiger charge is -2.38. The van der Waals surface area contributed by atoms with E-state index in [2.05, 4.69) is 55.5 Å². The average Bonchev–Trinajstić information content (AvgIpc) is 2.89. The molecule has 3 heteroatoms. The molecule has 1 aliphatic carbocycles. The third kappa shape index (κ3) is 6.90. The third-order valence-electron chi connectivity index (χ3n) is 7.69. The van der Waals surface area contributed by atoms with Gasteiger partial charge in [-0.1, -0.05) is 74.7 Å². The normalized spacial score (nSPS) is 25.8. The average molecular weight is 453 g/mol. The van der Waals surface area contributed by atoms with Crippen LogP contribution in [0.1, 0.15) is 81.8 Å². The fraction of sp³-hybridized carbons (Fsp3) is 0.600. The molecule has 2 aromatic carbocycles. The first-order valence-corrected chi connectivity index (χ1v) is 13.2. The summed E-state index contributed by atoms with van der Waals surface area (Å²) < 4.78 is 24.8. The molecule has 2 aromatic rings. The molecule has 1 aliphatic heterocycles. The van der Waals surface area contributed by atoms with Gasteiger partial charge in [-0.05, 0) is 79.0 Å². The number of rotatable bonds is 10. The van der Waals surface area contributed by atoms with Crippen molar-refractivity contribution in [1.82, 2.24) is 0 Å². The van der Waals surface area contributed by atoms with E-state index in [0.717, 1.165) is 26.1 Å². The summed E-state index contributed by atoms with van der Waals surface area (Å²) in [7, 11) is 0. The van der Waals surface area contributed by atoms with Gasteiger partial charge in [-0.2, -0.15) is 0 Å². The van der Waals surface area contributed by atoms with Crippen LogP contribution in [0.4, 0.5) is 4.39 Å². The van der Waals surface area contributed by atoms with Gasteiger partial charge in [0.2, 0.25) is 0 Å². The van der Waals surface area contributed by atoms with E-state index in [0.29, 0.717) is 30.5 Å². The highest BCUT2D eigenvalue weighted by atomic mass is 19.1. The molecule has 2 aliphatic rings. The second-order valence-electron chi connectivity index (χ2n) is 10.0. The molecule has 0 spiro atoms. The second-order valence-corrected chi connectivity index (χ2v) is 10.0. The van der Waals surface area contributed by atoms with Crippen LogP contribution in [-0.4, -0.2) is 32.1 Å². The van der Waals surface area contributed by atoms with Crippen LogP contribution in [0.2, 0.25) is 0 Å². The zero-order valence-electron chi connectivity index (χ0n) is 20.3. The van der Waals surface area contributed by atoms with Crippen molar-refractivity contribution in [3.05, 3.63) is 59.7 Å². The van der Waals surface area contributed by atoms with E-state index < -0.39 is 0 Å². The van der Waals surface area contributed by atoms with Gasteiger partial charge in [0.25, 0.3) is 0 Å². The standard InChI is InChI=1S/C30H41FO2/c1-2-3-4-7-29-21-33-30(22-32-29)28-18-16-27(17-19-28)26-14-12-25(13-15-26)24-10-8-23(9-11-24)6-5-20-31/h8-15,27-30H,2-7,16-22H2,1H3/t27-,28-,29?,30?. The van der Waals surface area contributed by atoms with E-state index in [9.17, 15) is 4.39 Å². The fourth-order valence-corrected chi connectivity index (χ4v) is 5.53. The molecule has 2 atom stereocenters. The van der Waals surface area contributed by atoms with Crippen LogP contribution < -0.4 is 0 Å². The highest BCUT2D eigenvalue weighted by Gasteiger charge is 2.32. The Morgan fingerprint density at radius 3 is 2.09 bits per heavy atom. The number of ether oxygens (including phenoxy) is 2. The van der Waals surface area contributed by atoms with Crippen molar-refractivity contribution >= 4 is 0 Å².